The van der Waals surface area contributed by atoms with Crippen molar-refractivity contribution in [1.29, 1.82) is 0 Å². The molecule has 122 valence electrons. The average Bonchev–Trinajstić information content (AvgIpc) is 3.06. The van der Waals surface area contributed by atoms with Gasteiger partial charge < -0.3 is 9.80 Å². The summed E-state index contributed by atoms with van der Waals surface area (Å²) in [5.41, 5.74) is 0.854. The van der Waals surface area contributed by atoms with Crippen LogP contribution < -0.4 is 4.90 Å². The first-order valence-corrected chi connectivity index (χ1v) is 8.66. The molecule has 2 aliphatic rings. The highest BCUT2D eigenvalue weighted by atomic mass is 16.2. The van der Waals surface area contributed by atoms with Gasteiger partial charge in [-0.25, -0.2) is 0 Å². The van der Waals surface area contributed by atoms with Gasteiger partial charge in [0.1, 0.15) is 0 Å². The molecule has 0 radical (unpaired) electrons. The second-order valence-electron chi connectivity index (χ2n) is 6.60. The van der Waals surface area contributed by atoms with Gasteiger partial charge in [0.2, 0.25) is 11.9 Å². The Morgan fingerprint density at radius 2 is 1.91 bits per heavy atom. The summed E-state index contributed by atoms with van der Waals surface area (Å²) in [6.45, 7) is 3.57. The van der Waals surface area contributed by atoms with E-state index in [1.165, 1.54) is 6.42 Å². The molecule has 2 aliphatic heterocycles. The zero-order valence-electron chi connectivity index (χ0n) is 13.4. The summed E-state index contributed by atoms with van der Waals surface area (Å²) in [6, 6.07) is 5.91. The number of hydrogen-bond acceptors (Lipinski definition) is 4. The smallest absolute Gasteiger partial charge is 0.231 e. The van der Waals surface area contributed by atoms with E-state index in [9.17, 15) is 4.79 Å². The summed E-state index contributed by atoms with van der Waals surface area (Å²) in [5.74, 6) is 1.29. The van der Waals surface area contributed by atoms with E-state index in [4.69, 9.17) is 0 Å². The lowest BCUT2D eigenvalue weighted by Gasteiger charge is -2.36. The minimum Gasteiger partial charge on any atom is -0.342 e. The van der Waals surface area contributed by atoms with Crippen LogP contribution in [0.3, 0.4) is 0 Å². The Morgan fingerprint density at radius 1 is 1.04 bits per heavy atom. The normalized spacial score (nSPS) is 22.5. The number of pyridine rings is 1. The molecule has 0 aromatic carbocycles. The molecule has 2 saturated heterocycles. The lowest BCUT2D eigenvalue weighted by Crippen LogP contribution is -2.46. The summed E-state index contributed by atoms with van der Waals surface area (Å²) in [5, 5.41) is 8.57. The molecule has 0 N–H and O–H groups in total. The van der Waals surface area contributed by atoms with Crippen molar-refractivity contribution in [2.24, 2.45) is 5.92 Å². The third-order valence-corrected chi connectivity index (χ3v) is 5.02. The van der Waals surface area contributed by atoms with Crippen molar-refractivity contribution in [3.8, 4) is 0 Å². The molecule has 1 amide bonds. The van der Waals surface area contributed by atoms with E-state index < -0.39 is 0 Å². The molecule has 0 spiro atoms. The maximum atomic E-state index is 12.8. The number of carbonyl (C=O) groups excluding carboxylic acids is 1. The molecule has 0 unspecified atom stereocenters. The number of piperidine rings is 2. The van der Waals surface area contributed by atoms with Crippen molar-refractivity contribution in [3.63, 3.8) is 0 Å². The minimum absolute atomic E-state index is 0.0953. The zero-order chi connectivity index (χ0) is 15.6. The van der Waals surface area contributed by atoms with Crippen LogP contribution in [0.4, 0.5) is 5.95 Å². The second-order valence-corrected chi connectivity index (χ2v) is 6.60. The maximum absolute atomic E-state index is 12.8. The van der Waals surface area contributed by atoms with Crippen LogP contribution in [-0.4, -0.2) is 51.6 Å². The number of fused-ring (bicyclic) bond motifs is 1. The van der Waals surface area contributed by atoms with E-state index in [2.05, 4.69) is 20.0 Å². The molecule has 0 saturated carbocycles. The van der Waals surface area contributed by atoms with Crippen LogP contribution in [0.25, 0.3) is 5.65 Å². The quantitative estimate of drug-likeness (QED) is 0.850. The summed E-state index contributed by atoms with van der Waals surface area (Å²) in [7, 11) is 0. The minimum atomic E-state index is 0.0953. The number of nitrogens with zero attached hydrogens (tertiary/aromatic N) is 5. The zero-order valence-corrected chi connectivity index (χ0v) is 13.4. The lowest BCUT2D eigenvalue weighted by molar-refractivity contribution is -0.136. The Balaban J connectivity index is 1.51. The topological polar surface area (TPSA) is 53.7 Å². The van der Waals surface area contributed by atoms with Gasteiger partial charge in [0, 0.05) is 32.4 Å². The van der Waals surface area contributed by atoms with E-state index in [0.717, 1.165) is 63.5 Å². The number of amides is 1. The number of likely N-dealkylation sites (tertiary alicyclic amines) is 1. The van der Waals surface area contributed by atoms with Gasteiger partial charge in [-0.2, -0.15) is 0 Å². The molecule has 6 heteroatoms. The van der Waals surface area contributed by atoms with Crippen molar-refractivity contribution in [2.75, 3.05) is 31.1 Å². The average molecular weight is 313 g/mol. The van der Waals surface area contributed by atoms with E-state index in [1.54, 1.807) is 0 Å². The number of anilines is 1. The van der Waals surface area contributed by atoms with Crippen LogP contribution in [0.2, 0.25) is 0 Å². The first-order chi connectivity index (χ1) is 11.3. The van der Waals surface area contributed by atoms with Gasteiger partial charge in [0.05, 0.1) is 5.92 Å². The number of aromatic nitrogens is 3. The Bertz CT molecular complexity index is 691. The fourth-order valence-corrected chi connectivity index (χ4v) is 3.78. The van der Waals surface area contributed by atoms with Crippen LogP contribution in [0.1, 0.15) is 32.1 Å². The molecule has 0 bridgehead atoms. The van der Waals surface area contributed by atoms with Crippen LogP contribution in [0.15, 0.2) is 24.4 Å². The predicted octanol–water partition coefficient (Wildman–Crippen LogP) is 1.96. The van der Waals surface area contributed by atoms with E-state index in [0.29, 0.717) is 5.91 Å². The molecule has 2 fully saturated rings. The monoisotopic (exact) mass is 313 g/mol. The Labute approximate surface area is 136 Å². The fraction of sp³-hybridized carbons (Fsp3) is 0.588. The summed E-state index contributed by atoms with van der Waals surface area (Å²) in [4.78, 5) is 17.1. The largest absolute Gasteiger partial charge is 0.342 e. The van der Waals surface area contributed by atoms with Gasteiger partial charge in [-0.05, 0) is 44.2 Å². The van der Waals surface area contributed by atoms with Gasteiger partial charge >= 0.3 is 0 Å². The summed E-state index contributed by atoms with van der Waals surface area (Å²) < 4.78 is 2.01. The molecule has 6 nitrogen and oxygen atoms in total. The number of rotatable bonds is 2. The van der Waals surface area contributed by atoms with E-state index >= 15 is 0 Å². The van der Waals surface area contributed by atoms with Gasteiger partial charge in [-0.3, -0.25) is 9.20 Å². The van der Waals surface area contributed by atoms with E-state index in [-0.39, 0.29) is 5.92 Å². The highest BCUT2D eigenvalue weighted by Crippen LogP contribution is 2.24. The van der Waals surface area contributed by atoms with Gasteiger partial charge in [0.25, 0.3) is 0 Å². The highest BCUT2D eigenvalue weighted by molar-refractivity contribution is 5.79. The molecule has 4 heterocycles. The van der Waals surface area contributed by atoms with Crippen molar-refractivity contribution in [2.45, 2.75) is 32.1 Å². The molecule has 0 aliphatic carbocycles. The predicted molar refractivity (Wildman–Crippen MR) is 88.4 cm³/mol. The number of hydrogen-bond donors (Lipinski definition) is 0. The molecule has 1 atom stereocenters. The third kappa shape index (κ3) is 2.78. The lowest BCUT2D eigenvalue weighted by atomic mass is 9.95. The van der Waals surface area contributed by atoms with Crippen LogP contribution >= 0.6 is 0 Å². The number of carbonyl (C=O) groups is 1. The van der Waals surface area contributed by atoms with E-state index in [1.807, 2.05) is 28.8 Å². The Morgan fingerprint density at radius 3 is 2.78 bits per heavy atom. The van der Waals surface area contributed by atoms with Crippen molar-refractivity contribution in [3.05, 3.63) is 24.4 Å². The molecule has 2 aromatic rings. The standard InChI is InChI=1S/C17H23N5O/c23-16(20-9-3-1-4-10-20)14-7-6-11-21(13-14)17-19-18-15-8-2-5-12-22(15)17/h2,5,8,12,14H,1,3-4,6-7,9-11,13H2/t14-/m0/s1. The third-order valence-electron chi connectivity index (χ3n) is 5.02. The van der Waals surface area contributed by atoms with Crippen LogP contribution in [-0.2, 0) is 4.79 Å². The highest BCUT2D eigenvalue weighted by Gasteiger charge is 2.31. The summed E-state index contributed by atoms with van der Waals surface area (Å²) >= 11 is 0. The molecular weight excluding hydrogens is 290 g/mol. The Kier molecular flexibility index (Phi) is 3.89. The second kappa shape index (κ2) is 6.18. The van der Waals surface area contributed by atoms with Crippen molar-refractivity contribution in [1.82, 2.24) is 19.5 Å². The van der Waals surface area contributed by atoms with Crippen LogP contribution in [0.5, 0.6) is 0 Å². The molecule has 4 rings (SSSR count). The van der Waals surface area contributed by atoms with Gasteiger partial charge in [0.15, 0.2) is 5.65 Å². The molecule has 2 aromatic heterocycles. The molecular formula is C17H23N5O. The molecule has 23 heavy (non-hydrogen) atoms. The fourth-order valence-electron chi connectivity index (χ4n) is 3.78. The first-order valence-electron chi connectivity index (χ1n) is 8.66. The van der Waals surface area contributed by atoms with Crippen molar-refractivity contribution >= 4 is 17.5 Å². The first kappa shape index (κ1) is 14.5. The van der Waals surface area contributed by atoms with Gasteiger partial charge in [-0.1, -0.05) is 6.07 Å². The Hall–Kier alpha value is -2.11. The van der Waals surface area contributed by atoms with Gasteiger partial charge in [-0.15, -0.1) is 10.2 Å². The van der Waals surface area contributed by atoms with Crippen molar-refractivity contribution < 1.29 is 4.79 Å². The summed E-state index contributed by atoms with van der Waals surface area (Å²) in [6.07, 6.45) is 7.57. The maximum Gasteiger partial charge on any atom is 0.231 e. The van der Waals surface area contributed by atoms with Crippen LogP contribution in [0, 0.1) is 5.92 Å². The SMILES string of the molecule is O=C([C@H]1CCCN(c2nnc3ccccn23)C1)N1CCCCC1.